The third kappa shape index (κ3) is 4.10. The monoisotopic (exact) mass is 363 g/mol. The first-order chi connectivity index (χ1) is 12.2. The van der Waals surface area contributed by atoms with Gasteiger partial charge in [0.25, 0.3) is 0 Å². The molecule has 7 heteroatoms. The van der Waals surface area contributed by atoms with E-state index in [1.54, 1.807) is 12.1 Å². The number of rotatable bonds is 4. The molecule has 0 bridgehead atoms. The Labute approximate surface area is 154 Å². The fraction of sp³-hybridized carbons (Fsp3) is 0.632. The summed E-state index contributed by atoms with van der Waals surface area (Å²) in [6.07, 6.45) is 1.85. The summed E-state index contributed by atoms with van der Waals surface area (Å²) in [6.45, 7) is 9.06. The lowest BCUT2D eigenvalue weighted by molar-refractivity contribution is -0.121. The maximum Gasteiger partial charge on any atom is 0.497 e. The zero-order valence-electron chi connectivity index (χ0n) is 15.9. The predicted octanol–water partition coefficient (Wildman–Crippen LogP) is 1.96. The number of carbonyl (C=O) groups excluding carboxylic acids is 1. The van der Waals surface area contributed by atoms with E-state index in [0.717, 1.165) is 18.4 Å². The van der Waals surface area contributed by atoms with Gasteiger partial charge in [0.1, 0.15) is 5.82 Å². The first-order valence-corrected chi connectivity index (χ1v) is 9.19. The lowest BCUT2D eigenvalue weighted by Gasteiger charge is -2.32. The SMILES string of the molecule is CC1(C)OB(c2cc(CC(=O)NC3CCOCC3)ccc2F)OC1(C)C. The van der Waals surface area contributed by atoms with E-state index >= 15 is 0 Å². The Kier molecular flexibility index (Phi) is 5.42. The van der Waals surface area contributed by atoms with Crippen molar-refractivity contribution >= 4 is 18.5 Å². The van der Waals surface area contributed by atoms with E-state index < -0.39 is 24.1 Å². The van der Waals surface area contributed by atoms with Gasteiger partial charge in [0.15, 0.2) is 0 Å². The van der Waals surface area contributed by atoms with Crippen molar-refractivity contribution in [2.45, 2.75) is 64.2 Å². The normalized spacial score (nSPS) is 22.4. The van der Waals surface area contributed by atoms with Crippen LogP contribution < -0.4 is 10.8 Å². The number of nitrogens with one attached hydrogen (secondary N) is 1. The third-order valence-corrected chi connectivity index (χ3v) is 5.52. The summed E-state index contributed by atoms with van der Waals surface area (Å²) < 4.78 is 31.5. The van der Waals surface area contributed by atoms with Crippen LogP contribution >= 0.6 is 0 Å². The molecule has 0 unspecified atom stereocenters. The third-order valence-electron chi connectivity index (χ3n) is 5.52. The Morgan fingerprint density at radius 3 is 2.42 bits per heavy atom. The molecule has 26 heavy (non-hydrogen) atoms. The van der Waals surface area contributed by atoms with Crippen LogP contribution in [-0.2, 0) is 25.3 Å². The average Bonchev–Trinajstić information content (AvgIpc) is 2.78. The molecule has 0 aromatic heterocycles. The van der Waals surface area contributed by atoms with Crippen molar-refractivity contribution in [1.82, 2.24) is 5.32 Å². The predicted molar refractivity (Wildman–Crippen MR) is 97.8 cm³/mol. The van der Waals surface area contributed by atoms with Gasteiger partial charge < -0.3 is 19.4 Å². The van der Waals surface area contributed by atoms with Gasteiger partial charge >= 0.3 is 7.12 Å². The van der Waals surface area contributed by atoms with Gasteiger partial charge in [-0.2, -0.15) is 0 Å². The summed E-state index contributed by atoms with van der Waals surface area (Å²) in [7, 11) is -0.779. The van der Waals surface area contributed by atoms with Crippen LogP contribution in [0.3, 0.4) is 0 Å². The number of hydrogen-bond acceptors (Lipinski definition) is 4. The summed E-state index contributed by atoms with van der Waals surface area (Å²) in [4.78, 5) is 12.3. The number of benzene rings is 1. The average molecular weight is 363 g/mol. The summed E-state index contributed by atoms with van der Waals surface area (Å²) >= 11 is 0. The highest BCUT2D eigenvalue weighted by Crippen LogP contribution is 2.36. The van der Waals surface area contributed by atoms with Crippen molar-refractivity contribution in [2.75, 3.05) is 13.2 Å². The highest BCUT2D eigenvalue weighted by atomic mass is 19.1. The summed E-state index contributed by atoms with van der Waals surface area (Å²) in [5.74, 6) is -0.458. The minimum atomic E-state index is -0.779. The lowest BCUT2D eigenvalue weighted by atomic mass is 9.77. The molecule has 1 amide bonds. The molecule has 3 rings (SSSR count). The molecule has 0 aliphatic carbocycles. The van der Waals surface area contributed by atoms with Gasteiger partial charge in [-0.15, -0.1) is 0 Å². The van der Waals surface area contributed by atoms with E-state index in [1.165, 1.54) is 6.07 Å². The number of ether oxygens (including phenoxy) is 1. The van der Waals surface area contributed by atoms with Gasteiger partial charge in [-0.05, 0) is 52.2 Å². The first kappa shape index (κ1) is 19.3. The van der Waals surface area contributed by atoms with Crippen LogP contribution in [0.5, 0.6) is 0 Å². The maximum absolute atomic E-state index is 14.4. The summed E-state index contributed by atoms with van der Waals surface area (Å²) in [5.41, 5.74) is -0.0122. The zero-order chi connectivity index (χ0) is 18.9. The van der Waals surface area contributed by atoms with Crippen molar-refractivity contribution < 1.29 is 23.2 Å². The minimum Gasteiger partial charge on any atom is -0.399 e. The van der Waals surface area contributed by atoms with Crippen LogP contribution in [0.4, 0.5) is 4.39 Å². The van der Waals surface area contributed by atoms with E-state index in [9.17, 15) is 9.18 Å². The standard InChI is InChI=1S/C19H27BFNO4/c1-18(2)19(3,4)26-20(25-18)15-11-13(5-6-16(15)21)12-17(23)22-14-7-9-24-10-8-14/h5-6,11,14H,7-10,12H2,1-4H3,(H,22,23). The summed E-state index contributed by atoms with van der Waals surface area (Å²) in [5, 5.41) is 3.02. The van der Waals surface area contributed by atoms with Crippen LogP contribution in [0, 0.1) is 5.82 Å². The molecule has 1 aromatic rings. The molecule has 0 spiro atoms. The molecule has 1 N–H and O–H groups in total. The number of halogens is 1. The van der Waals surface area contributed by atoms with Crippen LogP contribution in [0.25, 0.3) is 0 Å². The Balaban J connectivity index is 1.69. The van der Waals surface area contributed by atoms with Gasteiger partial charge in [0, 0.05) is 24.7 Å². The Morgan fingerprint density at radius 2 is 1.81 bits per heavy atom. The van der Waals surface area contributed by atoms with E-state index in [0.29, 0.717) is 18.7 Å². The van der Waals surface area contributed by atoms with Crippen molar-refractivity contribution in [3.05, 3.63) is 29.6 Å². The van der Waals surface area contributed by atoms with Gasteiger partial charge in [-0.1, -0.05) is 12.1 Å². The fourth-order valence-corrected chi connectivity index (χ4v) is 3.16. The fourth-order valence-electron chi connectivity index (χ4n) is 3.16. The topological polar surface area (TPSA) is 56.8 Å². The van der Waals surface area contributed by atoms with Gasteiger partial charge in [-0.3, -0.25) is 4.79 Å². The van der Waals surface area contributed by atoms with Gasteiger partial charge in [0.05, 0.1) is 17.6 Å². The molecular weight excluding hydrogens is 336 g/mol. The molecule has 142 valence electrons. The highest BCUT2D eigenvalue weighted by Gasteiger charge is 2.52. The molecule has 2 saturated heterocycles. The van der Waals surface area contributed by atoms with Gasteiger partial charge in [-0.25, -0.2) is 4.39 Å². The Hall–Kier alpha value is -1.44. The second-order valence-corrected chi connectivity index (χ2v) is 8.08. The highest BCUT2D eigenvalue weighted by molar-refractivity contribution is 6.62. The zero-order valence-corrected chi connectivity index (χ0v) is 15.9. The lowest BCUT2D eigenvalue weighted by Crippen LogP contribution is -2.41. The largest absolute Gasteiger partial charge is 0.497 e. The van der Waals surface area contributed by atoms with Crippen LogP contribution in [0.1, 0.15) is 46.1 Å². The smallest absolute Gasteiger partial charge is 0.399 e. The van der Waals surface area contributed by atoms with Crippen molar-refractivity contribution in [2.24, 2.45) is 0 Å². The number of carbonyl (C=O) groups is 1. The molecule has 2 aliphatic rings. The Bertz CT molecular complexity index is 658. The molecule has 1 aromatic carbocycles. The second kappa shape index (κ2) is 7.29. The molecule has 0 saturated carbocycles. The Morgan fingerprint density at radius 1 is 1.19 bits per heavy atom. The molecule has 2 aliphatic heterocycles. The molecule has 5 nitrogen and oxygen atoms in total. The van der Waals surface area contributed by atoms with Crippen LogP contribution in [-0.4, -0.2) is 43.5 Å². The second-order valence-electron chi connectivity index (χ2n) is 8.08. The van der Waals surface area contributed by atoms with E-state index in [-0.39, 0.29) is 18.4 Å². The number of amides is 1. The van der Waals surface area contributed by atoms with Crippen LogP contribution in [0.15, 0.2) is 18.2 Å². The van der Waals surface area contributed by atoms with E-state index in [2.05, 4.69) is 5.32 Å². The molecule has 2 fully saturated rings. The van der Waals surface area contributed by atoms with Crippen molar-refractivity contribution in [3.8, 4) is 0 Å². The van der Waals surface area contributed by atoms with E-state index in [1.807, 2.05) is 27.7 Å². The van der Waals surface area contributed by atoms with Crippen LogP contribution in [0.2, 0.25) is 0 Å². The first-order valence-electron chi connectivity index (χ1n) is 9.19. The molecule has 2 heterocycles. The van der Waals surface area contributed by atoms with Gasteiger partial charge in [0.2, 0.25) is 5.91 Å². The molecule has 0 atom stereocenters. The minimum absolute atomic E-state index is 0.0663. The maximum atomic E-state index is 14.4. The quantitative estimate of drug-likeness (QED) is 0.831. The van der Waals surface area contributed by atoms with Crippen molar-refractivity contribution in [3.63, 3.8) is 0 Å². The van der Waals surface area contributed by atoms with Crippen molar-refractivity contribution in [1.29, 1.82) is 0 Å². The van der Waals surface area contributed by atoms with E-state index in [4.69, 9.17) is 14.0 Å². The molecule has 0 radical (unpaired) electrons. The summed E-state index contributed by atoms with van der Waals surface area (Å²) in [6, 6.07) is 4.82. The number of hydrogen-bond donors (Lipinski definition) is 1. The molecular formula is C19H27BFNO4.